The first-order valence-corrected chi connectivity index (χ1v) is 5.85. The minimum absolute atomic E-state index is 0.351. The summed E-state index contributed by atoms with van der Waals surface area (Å²) in [5.74, 6) is 0. The third-order valence-corrected chi connectivity index (χ3v) is 3.67. The minimum Gasteiger partial charge on any atom is -0.350 e. The van der Waals surface area contributed by atoms with Crippen molar-refractivity contribution in [3.63, 3.8) is 0 Å². The van der Waals surface area contributed by atoms with Crippen molar-refractivity contribution in [2.45, 2.75) is 19.9 Å². The summed E-state index contributed by atoms with van der Waals surface area (Å²) in [5, 5.41) is 5.39. The second-order valence-electron chi connectivity index (χ2n) is 4.27. The highest BCUT2D eigenvalue weighted by atomic mass is 35.5. The lowest BCUT2D eigenvalue weighted by atomic mass is 10.1. The van der Waals surface area contributed by atoms with Gasteiger partial charge < -0.3 is 9.88 Å². The van der Waals surface area contributed by atoms with Gasteiger partial charge in [0.15, 0.2) is 0 Å². The molecule has 0 saturated carbocycles. The molecule has 1 atom stereocenters. The molecule has 0 saturated heterocycles. The van der Waals surface area contributed by atoms with E-state index in [0.717, 1.165) is 10.6 Å². The Morgan fingerprint density at radius 2 is 2.06 bits per heavy atom. The molecule has 1 heterocycles. The van der Waals surface area contributed by atoms with Gasteiger partial charge in [0.1, 0.15) is 0 Å². The van der Waals surface area contributed by atoms with E-state index in [1.807, 2.05) is 13.1 Å². The molecule has 2 nitrogen and oxygen atoms in total. The van der Waals surface area contributed by atoms with Gasteiger partial charge in [-0.15, -0.1) is 0 Å². The Kier molecular flexibility index (Phi) is 2.96. The lowest BCUT2D eigenvalue weighted by molar-refractivity contribution is 0.654. The second kappa shape index (κ2) is 4.11. The molecule has 0 aliphatic heterocycles. The highest BCUT2D eigenvalue weighted by Gasteiger charge is 2.14. The molecule has 16 heavy (non-hydrogen) atoms. The summed E-state index contributed by atoms with van der Waals surface area (Å²) in [7, 11) is 4.05. The van der Waals surface area contributed by atoms with Gasteiger partial charge in [-0.3, -0.25) is 0 Å². The van der Waals surface area contributed by atoms with E-state index in [2.05, 4.69) is 43.0 Å². The first-order valence-electron chi connectivity index (χ1n) is 5.47. The predicted molar refractivity (Wildman–Crippen MR) is 70.1 cm³/mol. The van der Waals surface area contributed by atoms with E-state index in [-0.39, 0.29) is 0 Å². The van der Waals surface area contributed by atoms with E-state index in [1.165, 1.54) is 16.5 Å². The number of nitrogens with zero attached hydrogens (tertiary/aromatic N) is 1. The van der Waals surface area contributed by atoms with Gasteiger partial charge in [0.05, 0.1) is 5.52 Å². The fourth-order valence-corrected chi connectivity index (χ4v) is 2.36. The highest BCUT2D eigenvalue weighted by molar-refractivity contribution is 6.32. The van der Waals surface area contributed by atoms with Crippen LogP contribution in [0.15, 0.2) is 18.3 Å². The lowest BCUT2D eigenvalue weighted by Gasteiger charge is -2.08. The summed E-state index contributed by atoms with van der Waals surface area (Å²) in [6.45, 7) is 4.23. The average Bonchev–Trinajstić information content (AvgIpc) is 2.61. The molecule has 0 spiro atoms. The summed E-state index contributed by atoms with van der Waals surface area (Å²) >= 11 is 6.15. The van der Waals surface area contributed by atoms with Crippen LogP contribution in [0.2, 0.25) is 5.02 Å². The molecule has 0 aliphatic rings. The van der Waals surface area contributed by atoms with Crippen molar-refractivity contribution in [3.05, 3.63) is 34.5 Å². The molecule has 2 rings (SSSR count). The number of benzene rings is 1. The van der Waals surface area contributed by atoms with Gasteiger partial charge in [0.25, 0.3) is 0 Å². The lowest BCUT2D eigenvalue weighted by Crippen LogP contribution is -2.11. The van der Waals surface area contributed by atoms with Gasteiger partial charge in [-0.1, -0.05) is 17.7 Å². The number of hydrogen-bond acceptors (Lipinski definition) is 1. The molecule has 0 radical (unpaired) electrons. The summed E-state index contributed by atoms with van der Waals surface area (Å²) in [6.07, 6.45) is 2.18. The molecular weight excluding hydrogens is 220 g/mol. The summed E-state index contributed by atoms with van der Waals surface area (Å²) in [4.78, 5) is 0. The standard InChI is InChI=1S/C13H17ClN2/c1-8-12(14)6-5-10-11(9(2)15-3)7-16(4)13(8)10/h5-7,9,15H,1-4H3. The fourth-order valence-electron chi connectivity index (χ4n) is 2.21. The van der Waals surface area contributed by atoms with E-state index < -0.39 is 0 Å². The first kappa shape index (κ1) is 11.5. The fraction of sp³-hybridized carbons (Fsp3) is 0.385. The maximum absolute atomic E-state index is 6.15. The Balaban J connectivity index is 2.77. The van der Waals surface area contributed by atoms with Gasteiger partial charge >= 0.3 is 0 Å². The number of fused-ring (bicyclic) bond motifs is 1. The van der Waals surface area contributed by atoms with Crippen molar-refractivity contribution in [1.29, 1.82) is 0 Å². The Morgan fingerprint density at radius 3 is 2.69 bits per heavy atom. The Labute approximate surface area is 101 Å². The molecule has 86 valence electrons. The molecule has 0 amide bonds. The second-order valence-corrected chi connectivity index (χ2v) is 4.68. The van der Waals surface area contributed by atoms with Crippen LogP contribution in [-0.4, -0.2) is 11.6 Å². The Hall–Kier alpha value is -0.990. The van der Waals surface area contributed by atoms with Crippen LogP contribution in [0, 0.1) is 6.92 Å². The largest absolute Gasteiger partial charge is 0.350 e. The number of nitrogens with one attached hydrogen (secondary N) is 1. The number of halogens is 1. The minimum atomic E-state index is 0.351. The van der Waals surface area contributed by atoms with E-state index in [9.17, 15) is 0 Å². The molecule has 1 aromatic carbocycles. The SMILES string of the molecule is CNC(C)c1cn(C)c2c(C)c(Cl)ccc12. The van der Waals surface area contributed by atoms with E-state index in [0.29, 0.717) is 6.04 Å². The monoisotopic (exact) mass is 236 g/mol. The Bertz CT molecular complexity index is 528. The maximum atomic E-state index is 6.15. The average molecular weight is 237 g/mol. The van der Waals surface area contributed by atoms with Crippen LogP contribution < -0.4 is 5.32 Å². The summed E-state index contributed by atoms with van der Waals surface area (Å²) < 4.78 is 2.15. The van der Waals surface area contributed by atoms with Gasteiger partial charge in [0, 0.05) is 29.7 Å². The summed E-state index contributed by atoms with van der Waals surface area (Å²) in [6, 6.07) is 4.43. The van der Waals surface area contributed by atoms with Crippen LogP contribution in [0.25, 0.3) is 10.9 Å². The van der Waals surface area contributed by atoms with Crippen LogP contribution >= 0.6 is 11.6 Å². The maximum Gasteiger partial charge on any atom is 0.0525 e. The van der Waals surface area contributed by atoms with Gasteiger partial charge in [-0.2, -0.15) is 0 Å². The third-order valence-electron chi connectivity index (χ3n) is 3.26. The van der Waals surface area contributed by atoms with E-state index in [1.54, 1.807) is 0 Å². The molecule has 0 fully saturated rings. The summed E-state index contributed by atoms with van der Waals surface area (Å²) in [5.41, 5.74) is 3.69. The predicted octanol–water partition coefficient (Wildman–Crippen LogP) is 3.42. The highest BCUT2D eigenvalue weighted by Crippen LogP contribution is 2.31. The van der Waals surface area contributed by atoms with E-state index in [4.69, 9.17) is 11.6 Å². The molecule has 3 heteroatoms. The number of hydrogen-bond donors (Lipinski definition) is 1. The molecule has 0 bridgehead atoms. The zero-order valence-electron chi connectivity index (χ0n) is 10.1. The van der Waals surface area contributed by atoms with Crippen molar-refractivity contribution in [2.24, 2.45) is 7.05 Å². The molecule has 1 N–H and O–H groups in total. The first-order chi connectivity index (χ1) is 7.56. The van der Waals surface area contributed by atoms with Crippen molar-refractivity contribution >= 4 is 22.5 Å². The van der Waals surface area contributed by atoms with Gasteiger partial charge in [0.2, 0.25) is 0 Å². The van der Waals surface area contributed by atoms with Crippen molar-refractivity contribution < 1.29 is 0 Å². The van der Waals surface area contributed by atoms with Crippen molar-refractivity contribution in [3.8, 4) is 0 Å². The Morgan fingerprint density at radius 1 is 1.38 bits per heavy atom. The zero-order valence-corrected chi connectivity index (χ0v) is 10.9. The number of aromatic nitrogens is 1. The van der Waals surface area contributed by atoms with Crippen LogP contribution in [0.4, 0.5) is 0 Å². The third kappa shape index (κ3) is 1.62. The number of aryl methyl sites for hydroxylation is 2. The van der Waals surface area contributed by atoms with E-state index >= 15 is 0 Å². The van der Waals surface area contributed by atoms with Crippen LogP contribution in [0.3, 0.4) is 0 Å². The van der Waals surface area contributed by atoms with Crippen molar-refractivity contribution in [2.75, 3.05) is 7.05 Å². The molecule has 0 aliphatic carbocycles. The molecular formula is C13H17ClN2. The molecule has 2 aromatic rings. The van der Waals surface area contributed by atoms with Crippen LogP contribution in [0.5, 0.6) is 0 Å². The van der Waals surface area contributed by atoms with Gasteiger partial charge in [-0.05, 0) is 38.1 Å². The van der Waals surface area contributed by atoms with Crippen LogP contribution in [0.1, 0.15) is 24.1 Å². The molecule has 1 aromatic heterocycles. The normalized spacial score (nSPS) is 13.3. The van der Waals surface area contributed by atoms with Crippen LogP contribution in [-0.2, 0) is 7.05 Å². The topological polar surface area (TPSA) is 17.0 Å². The molecule has 1 unspecified atom stereocenters. The smallest absolute Gasteiger partial charge is 0.0525 e. The zero-order chi connectivity index (χ0) is 11.9. The quantitative estimate of drug-likeness (QED) is 0.846. The van der Waals surface area contributed by atoms with Crippen molar-refractivity contribution in [1.82, 2.24) is 9.88 Å². The number of rotatable bonds is 2. The van der Waals surface area contributed by atoms with Gasteiger partial charge in [-0.25, -0.2) is 0 Å².